The van der Waals surface area contributed by atoms with Gasteiger partial charge in [-0.1, -0.05) is 18.2 Å². The predicted octanol–water partition coefficient (Wildman–Crippen LogP) is 4.86. The number of aryl methyl sites for hydroxylation is 1. The van der Waals surface area contributed by atoms with Crippen LogP contribution in [-0.4, -0.2) is 30.3 Å². The number of nitriles is 1. The van der Waals surface area contributed by atoms with Crippen molar-refractivity contribution in [2.24, 2.45) is 0 Å². The largest absolute Gasteiger partial charge is 0.490 e. The summed E-state index contributed by atoms with van der Waals surface area (Å²) in [6, 6.07) is 12.0. The third-order valence-electron chi connectivity index (χ3n) is 6.04. The molecule has 170 valence electrons. The van der Waals surface area contributed by atoms with E-state index in [9.17, 15) is 10.1 Å². The summed E-state index contributed by atoms with van der Waals surface area (Å²) in [5, 5.41) is 12.5. The molecule has 1 fully saturated rings. The highest BCUT2D eigenvalue weighted by Crippen LogP contribution is 2.27. The van der Waals surface area contributed by atoms with E-state index in [1.807, 2.05) is 44.2 Å². The fourth-order valence-corrected chi connectivity index (χ4v) is 4.47. The smallest absolute Gasteiger partial charge is 0.262 e. The molecule has 3 rings (SSSR count). The maximum atomic E-state index is 12.8. The molecule has 0 radical (unpaired) electrons. The first-order valence-corrected chi connectivity index (χ1v) is 11.3. The molecule has 0 aliphatic heterocycles. The average Bonchev–Trinajstić information content (AvgIpc) is 3.38. The Kier molecular flexibility index (Phi) is 8.13. The van der Waals surface area contributed by atoms with Gasteiger partial charge in [0.25, 0.3) is 5.91 Å². The molecule has 2 aromatic rings. The number of carbonyl (C=O) groups is 1. The molecule has 1 unspecified atom stereocenters. The van der Waals surface area contributed by atoms with Crippen LogP contribution in [0.4, 0.5) is 0 Å². The Labute approximate surface area is 190 Å². The van der Waals surface area contributed by atoms with Crippen molar-refractivity contribution in [1.29, 1.82) is 5.26 Å². The van der Waals surface area contributed by atoms with Crippen LogP contribution in [-0.2, 0) is 16.1 Å². The highest BCUT2D eigenvalue weighted by Gasteiger charge is 2.19. The van der Waals surface area contributed by atoms with Gasteiger partial charge in [-0.15, -0.1) is 0 Å². The molecular formula is C26H33N3O3. The molecule has 1 amide bonds. The number of nitrogens with zero attached hydrogens (tertiary/aromatic N) is 2. The van der Waals surface area contributed by atoms with Gasteiger partial charge in [-0.05, 0) is 70.2 Å². The summed E-state index contributed by atoms with van der Waals surface area (Å²) in [7, 11) is 1.68. The van der Waals surface area contributed by atoms with Gasteiger partial charge in [0.1, 0.15) is 17.4 Å². The van der Waals surface area contributed by atoms with E-state index in [2.05, 4.69) is 22.9 Å². The van der Waals surface area contributed by atoms with Crippen molar-refractivity contribution in [3.8, 4) is 11.8 Å². The van der Waals surface area contributed by atoms with E-state index >= 15 is 0 Å². The molecule has 0 bridgehead atoms. The van der Waals surface area contributed by atoms with Crippen molar-refractivity contribution in [3.05, 3.63) is 58.4 Å². The molecule has 0 spiro atoms. The number of hydrogen-bond donors (Lipinski definition) is 1. The van der Waals surface area contributed by atoms with Crippen molar-refractivity contribution in [2.75, 3.05) is 13.7 Å². The second-order valence-electron chi connectivity index (χ2n) is 8.49. The molecule has 1 atom stereocenters. The Morgan fingerprint density at radius 2 is 2.03 bits per heavy atom. The normalized spacial score (nSPS) is 15.4. The summed E-state index contributed by atoms with van der Waals surface area (Å²) in [5.74, 6) is 0.413. The first-order valence-electron chi connectivity index (χ1n) is 11.3. The molecule has 1 heterocycles. The van der Waals surface area contributed by atoms with Crippen LogP contribution < -0.4 is 10.1 Å². The van der Waals surface area contributed by atoms with Gasteiger partial charge in [-0.2, -0.15) is 5.26 Å². The number of ether oxygens (including phenoxy) is 2. The Morgan fingerprint density at radius 3 is 2.72 bits per heavy atom. The minimum atomic E-state index is -0.391. The second-order valence-corrected chi connectivity index (χ2v) is 8.49. The molecule has 6 heteroatoms. The predicted molar refractivity (Wildman–Crippen MR) is 125 cm³/mol. The Bertz CT molecular complexity index is 1010. The first-order chi connectivity index (χ1) is 15.4. The lowest BCUT2D eigenvalue weighted by Gasteiger charge is -2.17. The SMILES string of the molecule is COCC(C)n1c(C)cc(/C=C(\C#N)C(=O)NCc2ccccc2OC2CCCC2)c1C. The van der Waals surface area contributed by atoms with Crippen LogP contribution in [0.1, 0.15) is 61.2 Å². The van der Waals surface area contributed by atoms with E-state index < -0.39 is 5.91 Å². The van der Waals surface area contributed by atoms with Crippen LogP contribution in [0.3, 0.4) is 0 Å². The van der Waals surface area contributed by atoms with E-state index in [4.69, 9.17) is 9.47 Å². The molecule has 1 aromatic heterocycles. The van der Waals surface area contributed by atoms with E-state index in [0.717, 1.165) is 41.1 Å². The number of para-hydroxylation sites is 1. The van der Waals surface area contributed by atoms with Crippen LogP contribution in [0.15, 0.2) is 35.9 Å². The van der Waals surface area contributed by atoms with Crippen LogP contribution in [0, 0.1) is 25.2 Å². The third-order valence-corrected chi connectivity index (χ3v) is 6.04. The van der Waals surface area contributed by atoms with Crippen LogP contribution >= 0.6 is 0 Å². The van der Waals surface area contributed by atoms with Crippen molar-refractivity contribution in [3.63, 3.8) is 0 Å². The lowest BCUT2D eigenvalue weighted by Crippen LogP contribution is -2.24. The Balaban J connectivity index is 1.72. The van der Waals surface area contributed by atoms with Gasteiger partial charge in [0.05, 0.1) is 18.8 Å². The topological polar surface area (TPSA) is 76.3 Å². The summed E-state index contributed by atoms with van der Waals surface area (Å²) in [6.07, 6.45) is 6.45. The van der Waals surface area contributed by atoms with Gasteiger partial charge in [-0.25, -0.2) is 0 Å². The van der Waals surface area contributed by atoms with Crippen molar-refractivity contribution in [1.82, 2.24) is 9.88 Å². The minimum absolute atomic E-state index is 0.0823. The molecule has 6 nitrogen and oxygen atoms in total. The minimum Gasteiger partial charge on any atom is -0.490 e. The fraction of sp³-hybridized carbons (Fsp3) is 0.462. The molecular weight excluding hydrogens is 402 g/mol. The van der Waals surface area contributed by atoms with Gasteiger partial charge in [0.15, 0.2) is 0 Å². The van der Waals surface area contributed by atoms with Crippen molar-refractivity contribution >= 4 is 12.0 Å². The van der Waals surface area contributed by atoms with E-state index in [-0.39, 0.29) is 17.7 Å². The van der Waals surface area contributed by atoms with Gasteiger partial charge in [0, 0.05) is 30.6 Å². The third kappa shape index (κ3) is 5.60. The number of benzene rings is 1. The zero-order chi connectivity index (χ0) is 23.1. The summed E-state index contributed by atoms with van der Waals surface area (Å²) < 4.78 is 13.6. The fourth-order valence-electron chi connectivity index (χ4n) is 4.47. The Hall–Kier alpha value is -3.04. The van der Waals surface area contributed by atoms with Gasteiger partial charge >= 0.3 is 0 Å². The molecule has 1 aromatic carbocycles. The quantitative estimate of drug-likeness (QED) is 0.451. The summed E-state index contributed by atoms with van der Waals surface area (Å²) in [6.45, 7) is 7.00. The number of nitrogens with one attached hydrogen (secondary N) is 1. The number of carbonyl (C=O) groups excluding carboxylic acids is 1. The lowest BCUT2D eigenvalue weighted by atomic mass is 10.1. The van der Waals surface area contributed by atoms with Gasteiger partial charge in [0.2, 0.25) is 0 Å². The lowest BCUT2D eigenvalue weighted by molar-refractivity contribution is -0.117. The highest BCUT2D eigenvalue weighted by molar-refractivity contribution is 6.01. The van der Waals surface area contributed by atoms with Crippen molar-refractivity contribution < 1.29 is 14.3 Å². The summed E-state index contributed by atoms with van der Waals surface area (Å²) >= 11 is 0. The molecule has 1 aliphatic carbocycles. The maximum Gasteiger partial charge on any atom is 0.262 e. The number of rotatable bonds is 9. The monoisotopic (exact) mass is 435 g/mol. The average molecular weight is 436 g/mol. The molecule has 0 saturated heterocycles. The summed E-state index contributed by atoms with van der Waals surface area (Å²) in [5.41, 5.74) is 3.93. The van der Waals surface area contributed by atoms with Crippen LogP contribution in [0.5, 0.6) is 5.75 Å². The summed E-state index contributed by atoms with van der Waals surface area (Å²) in [4.78, 5) is 12.8. The zero-order valence-corrected chi connectivity index (χ0v) is 19.5. The van der Waals surface area contributed by atoms with Crippen LogP contribution in [0.2, 0.25) is 0 Å². The van der Waals surface area contributed by atoms with Gasteiger partial charge < -0.3 is 19.4 Å². The standard InChI is InChI=1S/C26H33N3O3/c1-18-13-22(20(3)29(18)19(2)17-31-4)14-23(15-27)26(30)28-16-21-9-5-8-12-25(21)32-24-10-6-7-11-24/h5,8-9,12-14,19,24H,6-7,10-11,16-17H2,1-4H3,(H,28,30)/b23-14+. The van der Waals surface area contributed by atoms with E-state index in [1.54, 1.807) is 13.2 Å². The zero-order valence-electron chi connectivity index (χ0n) is 19.5. The number of aromatic nitrogens is 1. The molecule has 32 heavy (non-hydrogen) atoms. The van der Waals surface area contributed by atoms with Crippen LogP contribution in [0.25, 0.3) is 6.08 Å². The van der Waals surface area contributed by atoms with Crippen molar-refractivity contribution in [2.45, 2.75) is 65.1 Å². The van der Waals surface area contributed by atoms with E-state index in [0.29, 0.717) is 13.2 Å². The second kappa shape index (κ2) is 11.0. The van der Waals surface area contributed by atoms with Gasteiger partial charge in [-0.3, -0.25) is 4.79 Å². The highest BCUT2D eigenvalue weighted by atomic mass is 16.5. The molecule has 1 aliphatic rings. The molecule has 1 saturated carbocycles. The van der Waals surface area contributed by atoms with E-state index in [1.165, 1.54) is 12.8 Å². The number of hydrogen-bond acceptors (Lipinski definition) is 4. The maximum absolute atomic E-state index is 12.8. The molecule has 1 N–H and O–H groups in total. The number of methoxy groups -OCH3 is 1. The number of amides is 1. The Morgan fingerprint density at radius 1 is 1.31 bits per heavy atom. The first kappa shape index (κ1) is 23.6.